The van der Waals surface area contributed by atoms with Gasteiger partial charge in [0.2, 0.25) is 5.91 Å². The highest BCUT2D eigenvalue weighted by Gasteiger charge is 2.34. The monoisotopic (exact) mass is 475 g/mol. The van der Waals surface area contributed by atoms with Crippen LogP contribution in [0.2, 0.25) is 0 Å². The molecule has 1 aromatic carbocycles. The fourth-order valence-electron chi connectivity index (χ4n) is 4.69. The number of likely N-dealkylation sites (tertiary alicyclic amines) is 1. The van der Waals surface area contributed by atoms with Crippen LogP contribution in [0, 0.1) is 11.8 Å². The third-order valence-corrected chi connectivity index (χ3v) is 6.80. The molecule has 190 valence electrons. The van der Waals surface area contributed by atoms with Crippen LogP contribution in [0.5, 0.6) is 5.75 Å². The van der Waals surface area contributed by atoms with E-state index in [1.54, 1.807) is 33.8 Å². The van der Waals surface area contributed by atoms with Crippen LogP contribution in [0.15, 0.2) is 24.3 Å². The molecule has 1 fully saturated rings. The van der Waals surface area contributed by atoms with Crippen LogP contribution >= 0.6 is 0 Å². The minimum atomic E-state index is -1.11. The Morgan fingerprint density at radius 2 is 1.76 bits per heavy atom. The van der Waals surface area contributed by atoms with Gasteiger partial charge in [-0.2, -0.15) is 0 Å². The van der Waals surface area contributed by atoms with Crippen molar-refractivity contribution in [3.63, 3.8) is 0 Å². The summed E-state index contributed by atoms with van der Waals surface area (Å²) in [5.41, 5.74) is 1.15. The summed E-state index contributed by atoms with van der Waals surface area (Å²) in [4.78, 5) is 39.3. The molecule has 2 amide bonds. The number of carboxylic acid groups (broad SMARTS) is 1. The quantitative estimate of drug-likeness (QED) is 0.502. The number of amides is 2. The lowest BCUT2D eigenvalue weighted by Gasteiger charge is -2.35. The van der Waals surface area contributed by atoms with Crippen molar-refractivity contribution in [1.29, 1.82) is 0 Å². The summed E-state index contributed by atoms with van der Waals surface area (Å²) in [5, 5.41) is 14.5. The van der Waals surface area contributed by atoms with Crippen molar-refractivity contribution in [3.8, 4) is 5.75 Å². The van der Waals surface area contributed by atoms with Gasteiger partial charge in [-0.1, -0.05) is 53.2 Å². The summed E-state index contributed by atoms with van der Waals surface area (Å²) in [5.74, 6) is -1.79. The zero-order valence-corrected chi connectivity index (χ0v) is 21.4. The fraction of sp³-hybridized carbons (Fsp3) is 0.654. The third-order valence-electron chi connectivity index (χ3n) is 6.80. The van der Waals surface area contributed by atoms with E-state index in [4.69, 9.17) is 4.74 Å². The molecule has 0 aliphatic carbocycles. The van der Waals surface area contributed by atoms with E-state index in [1.807, 2.05) is 12.1 Å². The first-order chi connectivity index (χ1) is 16.0. The molecule has 0 aromatic heterocycles. The number of carboxylic acids is 1. The Balaban J connectivity index is 2.13. The molecule has 3 N–H and O–H groups in total. The van der Waals surface area contributed by atoms with Crippen LogP contribution in [0.3, 0.4) is 0 Å². The van der Waals surface area contributed by atoms with E-state index in [-0.39, 0.29) is 17.3 Å². The molecule has 3 atom stereocenters. The van der Waals surface area contributed by atoms with E-state index in [0.29, 0.717) is 5.75 Å². The Bertz CT molecular complexity index is 857. The van der Waals surface area contributed by atoms with E-state index in [0.717, 1.165) is 37.9 Å². The number of hydrogen-bond acceptors (Lipinski definition) is 5. The summed E-state index contributed by atoms with van der Waals surface area (Å²) in [6.45, 7) is 11.2. The molecule has 0 spiro atoms. The number of likely N-dealkylation sites (N-methyl/N-ethyl adjacent to an activating group) is 1. The molecule has 1 aliphatic heterocycles. The number of rotatable bonds is 9. The smallest absolute Gasteiger partial charge is 0.413 e. The topological polar surface area (TPSA) is 108 Å². The van der Waals surface area contributed by atoms with Gasteiger partial charge in [-0.3, -0.25) is 4.79 Å². The van der Waals surface area contributed by atoms with Crippen LogP contribution in [0.4, 0.5) is 4.79 Å². The van der Waals surface area contributed by atoms with Gasteiger partial charge in [0.25, 0.3) is 0 Å². The molecule has 34 heavy (non-hydrogen) atoms. The average molecular weight is 476 g/mol. The van der Waals surface area contributed by atoms with Gasteiger partial charge in [0, 0.05) is 12.0 Å². The van der Waals surface area contributed by atoms with Crippen LogP contribution in [-0.4, -0.2) is 60.2 Å². The summed E-state index contributed by atoms with van der Waals surface area (Å²) in [6.07, 6.45) is 3.66. The lowest BCUT2D eigenvalue weighted by atomic mass is 9.74. The SMILES string of the molecule is CCC1(c2cccc(OC(=O)NC(C(=O)NC(C(=O)O)C(C)C)C(C)C)c2)CCCCN(C)C1. The molecule has 0 bridgehead atoms. The Kier molecular flexibility index (Phi) is 9.91. The number of nitrogens with zero attached hydrogens (tertiary/aromatic N) is 1. The van der Waals surface area contributed by atoms with Gasteiger partial charge in [-0.25, -0.2) is 9.59 Å². The second-order valence-corrected chi connectivity index (χ2v) is 10.2. The largest absolute Gasteiger partial charge is 0.480 e. The molecule has 1 heterocycles. The van der Waals surface area contributed by atoms with Gasteiger partial charge in [0.15, 0.2) is 0 Å². The predicted molar refractivity (Wildman–Crippen MR) is 132 cm³/mol. The minimum absolute atomic E-state index is 0.00411. The van der Waals surface area contributed by atoms with Crippen LogP contribution in [-0.2, 0) is 15.0 Å². The maximum Gasteiger partial charge on any atom is 0.413 e. The van der Waals surface area contributed by atoms with Gasteiger partial charge < -0.3 is 25.4 Å². The number of benzene rings is 1. The summed E-state index contributed by atoms with van der Waals surface area (Å²) < 4.78 is 5.56. The molecule has 2 rings (SSSR count). The molecule has 1 aliphatic rings. The summed E-state index contributed by atoms with van der Waals surface area (Å²) in [6, 6.07) is 5.69. The zero-order valence-electron chi connectivity index (χ0n) is 21.4. The Hall–Kier alpha value is -2.61. The summed E-state index contributed by atoms with van der Waals surface area (Å²) in [7, 11) is 2.15. The van der Waals surface area contributed by atoms with Crippen LogP contribution < -0.4 is 15.4 Å². The Morgan fingerprint density at radius 3 is 2.35 bits per heavy atom. The number of hydrogen-bond donors (Lipinski definition) is 3. The van der Waals surface area contributed by atoms with E-state index in [1.165, 1.54) is 6.42 Å². The van der Waals surface area contributed by atoms with E-state index >= 15 is 0 Å². The minimum Gasteiger partial charge on any atom is -0.480 e. The number of carbonyl (C=O) groups is 3. The third kappa shape index (κ3) is 7.19. The Morgan fingerprint density at radius 1 is 1.09 bits per heavy atom. The average Bonchev–Trinajstić information content (AvgIpc) is 2.97. The van der Waals surface area contributed by atoms with Crippen molar-refractivity contribution in [2.45, 2.75) is 77.8 Å². The standard InChI is InChI=1S/C26H41N3O5/c1-7-26(13-8-9-14-29(6)16-26)19-11-10-12-20(15-19)34-25(33)28-21(17(2)3)23(30)27-22(18(4)5)24(31)32/h10-12,15,17-18,21-22H,7-9,13-14,16H2,1-6H3,(H,27,30)(H,28,33)(H,31,32). The van der Waals surface area contributed by atoms with Gasteiger partial charge in [0.1, 0.15) is 17.8 Å². The van der Waals surface area contributed by atoms with Gasteiger partial charge in [-0.15, -0.1) is 0 Å². The van der Waals surface area contributed by atoms with Gasteiger partial charge in [0.05, 0.1) is 0 Å². The number of nitrogens with one attached hydrogen (secondary N) is 2. The molecule has 1 aromatic rings. The molecular weight excluding hydrogens is 434 g/mol. The maximum absolute atomic E-state index is 12.7. The van der Waals surface area contributed by atoms with Crippen LogP contribution in [0.25, 0.3) is 0 Å². The predicted octanol–water partition coefficient (Wildman–Crippen LogP) is 3.79. The molecule has 0 saturated carbocycles. The van der Waals surface area contributed by atoms with E-state index in [2.05, 4.69) is 35.6 Å². The first kappa shape index (κ1) is 27.6. The molecule has 3 unspecified atom stereocenters. The van der Waals surface area contributed by atoms with Crippen molar-refractivity contribution in [2.24, 2.45) is 11.8 Å². The number of ether oxygens (including phenoxy) is 1. The lowest BCUT2D eigenvalue weighted by Crippen LogP contribution is -2.55. The van der Waals surface area contributed by atoms with E-state index < -0.39 is 30.1 Å². The summed E-state index contributed by atoms with van der Waals surface area (Å²) >= 11 is 0. The highest BCUT2D eigenvalue weighted by atomic mass is 16.6. The highest BCUT2D eigenvalue weighted by molar-refractivity contribution is 5.89. The Labute approximate surface area is 203 Å². The molecule has 0 radical (unpaired) electrons. The second-order valence-electron chi connectivity index (χ2n) is 10.2. The van der Waals surface area contributed by atoms with Gasteiger partial charge in [-0.05, 0) is 62.4 Å². The van der Waals surface area contributed by atoms with Crippen molar-refractivity contribution in [1.82, 2.24) is 15.5 Å². The zero-order chi connectivity index (χ0) is 25.5. The number of carbonyl (C=O) groups excluding carboxylic acids is 2. The second kappa shape index (κ2) is 12.2. The first-order valence-electron chi connectivity index (χ1n) is 12.3. The van der Waals surface area contributed by atoms with Crippen molar-refractivity contribution < 1.29 is 24.2 Å². The van der Waals surface area contributed by atoms with Crippen LogP contribution in [0.1, 0.15) is 65.9 Å². The molecule has 8 nitrogen and oxygen atoms in total. The number of aliphatic carboxylic acids is 1. The molecular formula is C26H41N3O5. The highest BCUT2D eigenvalue weighted by Crippen LogP contribution is 2.37. The molecule has 8 heteroatoms. The normalized spacial score (nSPS) is 20.9. The maximum atomic E-state index is 12.7. The van der Waals surface area contributed by atoms with Crippen molar-refractivity contribution in [2.75, 3.05) is 20.1 Å². The van der Waals surface area contributed by atoms with Gasteiger partial charge >= 0.3 is 12.1 Å². The fourth-order valence-corrected chi connectivity index (χ4v) is 4.69. The molecule has 1 saturated heterocycles. The lowest BCUT2D eigenvalue weighted by molar-refractivity contribution is -0.143. The van der Waals surface area contributed by atoms with Crippen molar-refractivity contribution >= 4 is 18.0 Å². The van der Waals surface area contributed by atoms with Crippen molar-refractivity contribution in [3.05, 3.63) is 29.8 Å². The first-order valence-corrected chi connectivity index (χ1v) is 12.3. The van der Waals surface area contributed by atoms with E-state index in [9.17, 15) is 19.5 Å².